The van der Waals surface area contributed by atoms with Gasteiger partial charge in [0.2, 0.25) is 0 Å². The molecule has 2 aliphatic rings. The van der Waals surface area contributed by atoms with E-state index in [1.165, 1.54) is 4.90 Å². The SMILES string of the molecule is N#C[C@H]1C[C@@H]2CCN(C(=O)O)C[C@@H]21. The van der Waals surface area contributed by atoms with Crippen LogP contribution in [0, 0.1) is 29.1 Å². The number of fused-ring (bicyclic) bond motifs is 1. The van der Waals surface area contributed by atoms with Crippen molar-refractivity contribution in [3.8, 4) is 6.07 Å². The molecule has 70 valence electrons. The summed E-state index contributed by atoms with van der Waals surface area (Å²) >= 11 is 0. The van der Waals surface area contributed by atoms with Crippen molar-refractivity contribution >= 4 is 6.09 Å². The summed E-state index contributed by atoms with van der Waals surface area (Å²) < 4.78 is 0. The van der Waals surface area contributed by atoms with Gasteiger partial charge in [0, 0.05) is 13.1 Å². The van der Waals surface area contributed by atoms with Crippen LogP contribution in [-0.4, -0.2) is 29.2 Å². The third kappa shape index (κ3) is 1.24. The number of likely N-dealkylation sites (tertiary alicyclic amines) is 1. The fourth-order valence-electron chi connectivity index (χ4n) is 2.41. The van der Waals surface area contributed by atoms with Gasteiger partial charge in [-0.05, 0) is 24.7 Å². The van der Waals surface area contributed by atoms with E-state index in [0.29, 0.717) is 24.9 Å². The molecule has 4 heteroatoms. The summed E-state index contributed by atoms with van der Waals surface area (Å²) in [4.78, 5) is 12.1. The molecule has 4 nitrogen and oxygen atoms in total. The predicted octanol–water partition coefficient (Wildman–Crippen LogP) is 1.15. The first-order valence-electron chi connectivity index (χ1n) is 4.60. The molecule has 13 heavy (non-hydrogen) atoms. The van der Waals surface area contributed by atoms with E-state index in [1.807, 2.05) is 0 Å². The number of amides is 1. The van der Waals surface area contributed by atoms with Crippen LogP contribution >= 0.6 is 0 Å². The molecule has 1 heterocycles. The Morgan fingerprint density at radius 1 is 1.62 bits per heavy atom. The molecule has 0 spiro atoms. The van der Waals surface area contributed by atoms with E-state index in [4.69, 9.17) is 10.4 Å². The van der Waals surface area contributed by atoms with E-state index in [1.54, 1.807) is 0 Å². The number of piperidine rings is 1. The molecule has 1 amide bonds. The number of nitrogens with zero attached hydrogens (tertiary/aromatic N) is 2. The second-order valence-corrected chi connectivity index (χ2v) is 3.91. The molecule has 0 radical (unpaired) electrons. The minimum atomic E-state index is -0.845. The first kappa shape index (κ1) is 8.36. The number of hydrogen-bond acceptors (Lipinski definition) is 2. The second-order valence-electron chi connectivity index (χ2n) is 3.91. The van der Waals surface area contributed by atoms with Gasteiger partial charge in [0.25, 0.3) is 0 Å². The highest BCUT2D eigenvalue weighted by atomic mass is 16.4. The van der Waals surface area contributed by atoms with Crippen LogP contribution in [0.3, 0.4) is 0 Å². The Kier molecular flexibility index (Phi) is 1.87. The Hall–Kier alpha value is -1.24. The highest BCUT2D eigenvalue weighted by molar-refractivity contribution is 5.65. The maximum absolute atomic E-state index is 10.7. The van der Waals surface area contributed by atoms with Crippen molar-refractivity contribution in [2.75, 3.05) is 13.1 Å². The van der Waals surface area contributed by atoms with Gasteiger partial charge in [-0.15, -0.1) is 0 Å². The maximum atomic E-state index is 10.7. The zero-order valence-electron chi connectivity index (χ0n) is 7.31. The lowest BCUT2D eigenvalue weighted by atomic mass is 9.62. The lowest BCUT2D eigenvalue weighted by Crippen LogP contribution is -2.51. The summed E-state index contributed by atoms with van der Waals surface area (Å²) in [6, 6.07) is 2.24. The molecule has 1 N–H and O–H groups in total. The average Bonchev–Trinajstić information content (AvgIpc) is 2.07. The third-order valence-corrected chi connectivity index (χ3v) is 3.32. The second kappa shape index (κ2) is 2.91. The van der Waals surface area contributed by atoms with Crippen LogP contribution in [0.2, 0.25) is 0 Å². The van der Waals surface area contributed by atoms with Crippen molar-refractivity contribution in [3.63, 3.8) is 0 Å². The van der Waals surface area contributed by atoms with Gasteiger partial charge in [-0.25, -0.2) is 4.79 Å². The molecule has 2 fully saturated rings. The normalized spacial score (nSPS) is 37.2. The van der Waals surface area contributed by atoms with Gasteiger partial charge in [-0.2, -0.15) is 5.26 Å². The molecule has 2 rings (SSSR count). The average molecular weight is 180 g/mol. The van der Waals surface area contributed by atoms with Gasteiger partial charge in [0.15, 0.2) is 0 Å². The van der Waals surface area contributed by atoms with Gasteiger partial charge in [-0.1, -0.05) is 0 Å². The molecular formula is C9H12N2O2. The molecule has 0 unspecified atom stereocenters. The quantitative estimate of drug-likeness (QED) is 0.608. The highest BCUT2D eigenvalue weighted by Gasteiger charge is 2.45. The van der Waals surface area contributed by atoms with Crippen LogP contribution in [0.1, 0.15) is 12.8 Å². The summed E-state index contributed by atoms with van der Waals surface area (Å²) in [5.74, 6) is 1.03. The van der Waals surface area contributed by atoms with Crippen molar-refractivity contribution in [1.82, 2.24) is 4.90 Å². The molecule has 1 aliphatic heterocycles. The maximum Gasteiger partial charge on any atom is 0.407 e. The highest BCUT2D eigenvalue weighted by Crippen LogP contribution is 2.44. The molecular weight excluding hydrogens is 168 g/mol. The summed E-state index contributed by atoms with van der Waals surface area (Å²) in [5.41, 5.74) is 0. The van der Waals surface area contributed by atoms with Gasteiger partial charge in [0.1, 0.15) is 0 Å². The van der Waals surface area contributed by atoms with Crippen LogP contribution in [0.25, 0.3) is 0 Å². The van der Waals surface area contributed by atoms with Crippen LogP contribution in [0.15, 0.2) is 0 Å². The Labute approximate surface area is 76.8 Å². The lowest BCUT2D eigenvalue weighted by Gasteiger charge is -2.47. The standard InChI is InChI=1S/C9H12N2O2/c10-4-7-3-6-1-2-11(9(12)13)5-8(6)7/h6-8H,1-3,5H2,(H,12,13)/t6-,7+,8-/m0/s1. The van der Waals surface area contributed by atoms with Crippen molar-refractivity contribution in [3.05, 3.63) is 0 Å². The van der Waals surface area contributed by atoms with E-state index in [0.717, 1.165) is 12.8 Å². The molecule has 1 saturated heterocycles. The summed E-state index contributed by atoms with van der Waals surface area (Å²) in [5, 5.41) is 17.5. The number of carbonyl (C=O) groups is 1. The summed E-state index contributed by atoms with van der Waals surface area (Å²) in [6.07, 6.45) is 1.08. The third-order valence-electron chi connectivity index (χ3n) is 3.32. The van der Waals surface area contributed by atoms with Crippen molar-refractivity contribution < 1.29 is 9.90 Å². The molecule has 0 aromatic heterocycles. The number of carboxylic acid groups (broad SMARTS) is 1. The first-order valence-corrected chi connectivity index (χ1v) is 4.60. The first-order chi connectivity index (χ1) is 6.22. The molecule has 3 atom stereocenters. The fraction of sp³-hybridized carbons (Fsp3) is 0.778. The van der Waals surface area contributed by atoms with Gasteiger partial charge in [0.05, 0.1) is 12.0 Å². The summed E-state index contributed by atoms with van der Waals surface area (Å²) in [6.45, 7) is 1.22. The van der Waals surface area contributed by atoms with E-state index in [9.17, 15) is 4.79 Å². The van der Waals surface area contributed by atoms with Gasteiger partial charge in [-0.3, -0.25) is 0 Å². The zero-order valence-corrected chi connectivity index (χ0v) is 7.31. The Morgan fingerprint density at radius 3 is 3.00 bits per heavy atom. The number of hydrogen-bond donors (Lipinski definition) is 1. The van der Waals surface area contributed by atoms with Crippen molar-refractivity contribution in [1.29, 1.82) is 5.26 Å². The smallest absolute Gasteiger partial charge is 0.407 e. The van der Waals surface area contributed by atoms with Crippen LogP contribution < -0.4 is 0 Å². The number of rotatable bonds is 0. The van der Waals surface area contributed by atoms with Crippen LogP contribution in [0.4, 0.5) is 4.79 Å². The van der Waals surface area contributed by atoms with Crippen LogP contribution in [-0.2, 0) is 0 Å². The molecule has 1 saturated carbocycles. The largest absolute Gasteiger partial charge is 0.465 e. The molecule has 0 bridgehead atoms. The Balaban J connectivity index is 1.98. The van der Waals surface area contributed by atoms with E-state index < -0.39 is 6.09 Å². The Morgan fingerprint density at radius 2 is 2.38 bits per heavy atom. The molecule has 0 aromatic rings. The van der Waals surface area contributed by atoms with Gasteiger partial charge >= 0.3 is 6.09 Å². The lowest BCUT2D eigenvalue weighted by molar-refractivity contribution is 0.0164. The van der Waals surface area contributed by atoms with Gasteiger partial charge < -0.3 is 10.0 Å². The van der Waals surface area contributed by atoms with Crippen molar-refractivity contribution in [2.24, 2.45) is 17.8 Å². The fourth-order valence-corrected chi connectivity index (χ4v) is 2.41. The van der Waals surface area contributed by atoms with E-state index >= 15 is 0 Å². The summed E-state index contributed by atoms with van der Waals surface area (Å²) in [7, 11) is 0. The topological polar surface area (TPSA) is 64.3 Å². The molecule has 1 aliphatic carbocycles. The van der Waals surface area contributed by atoms with Crippen LogP contribution in [0.5, 0.6) is 0 Å². The minimum Gasteiger partial charge on any atom is -0.465 e. The Bertz CT molecular complexity index is 271. The minimum absolute atomic E-state index is 0.104. The van der Waals surface area contributed by atoms with Crippen molar-refractivity contribution in [2.45, 2.75) is 12.8 Å². The number of nitriles is 1. The van der Waals surface area contributed by atoms with E-state index in [2.05, 4.69) is 6.07 Å². The molecule has 0 aromatic carbocycles. The zero-order chi connectivity index (χ0) is 9.42. The predicted molar refractivity (Wildman–Crippen MR) is 44.9 cm³/mol. The monoisotopic (exact) mass is 180 g/mol. The van der Waals surface area contributed by atoms with E-state index in [-0.39, 0.29) is 5.92 Å².